The molecule has 0 N–H and O–H groups in total. The van der Waals surface area contributed by atoms with Gasteiger partial charge in [0, 0.05) is 7.11 Å². The van der Waals surface area contributed by atoms with Crippen LogP contribution < -0.4 is 0 Å². The van der Waals surface area contributed by atoms with Crippen LogP contribution in [0.25, 0.3) is 0 Å². The lowest BCUT2D eigenvalue weighted by atomic mass is 10.3. The van der Waals surface area contributed by atoms with Crippen LogP contribution in [0.4, 0.5) is 0 Å². The average Bonchev–Trinajstić information content (AvgIpc) is 2.06. The average molecular weight is 169 g/mol. The molecule has 0 aromatic rings. The van der Waals surface area contributed by atoms with Gasteiger partial charge in [-0.2, -0.15) is 5.26 Å². The lowest BCUT2D eigenvalue weighted by Crippen LogP contribution is -2.06. The van der Waals surface area contributed by atoms with Gasteiger partial charge in [-0.1, -0.05) is 0 Å². The molecule has 4 heteroatoms. The van der Waals surface area contributed by atoms with Crippen molar-refractivity contribution in [3.63, 3.8) is 0 Å². The predicted octanol–water partition coefficient (Wildman–Crippen LogP) is 0.646. The Morgan fingerprint density at radius 3 is 2.75 bits per heavy atom. The topological polar surface area (TPSA) is 59.3 Å². The fourth-order valence-corrected chi connectivity index (χ4v) is 0.550. The molecule has 0 saturated heterocycles. The van der Waals surface area contributed by atoms with E-state index in [0.29, 0.717) is 0 Å². The molecule has 0 radical (unpaired) electrons. The van der Waals surface area contributed by atoms with Crippen LogP contribution in [0.1, 0.15) is 6.92 Å². The molecule has 12 heavy (non-hydrogen) atoms. The van der Waals surface area contributed by atoms with Crippen molar-refractivity contribution in [2.45, 2.75) is 6.92 Å². The van der Waals surface area contributed by atoms with Gasteiger partial charge in [0.05, 0.1) is 13.2 Å². The van der Waals surface area contributed by atoms with Gasteiger partial charge in [-0.15, -0.1) is 0 Å². The number of carbonyl (C=O) groups is 1. The van der Waals surface area contributed by atoms with E-state index in [2.05, 4.69) is 9.47 Å². The van der Waals surface area contributed by atoms with E-state index in [1.54, 1.807) is 13.0 Å². The van der Waals surface area contributed by atoms with Crippen LogP contribution >= 0.6 is 0 Å². The Kier molecular flexibility index (Phi) is 5.66. The van der Waals surface area contributed by atoms with Crippen molar-refractivity contribution in [2.24, 2.45) is 0 Å². The summed E-state index contributed by atoms with van der Waals surface area (Å²) in [4.78, 5) is 10.9. The van der Waals surface area contributed by atoms with E-state index in [0.717, 1.165) is 0 Å². The molecule has 0 bridgehead atoms. The third kappa shape index (κ3) is 3.74. The first-order valence-corrected chi connectivity index (χ1v) is 3.52. The van der Waals surface area contributed by atoms with Crippen molar-refractivity contribution in [1.82, 2.24) is 0 Å². The van der Waals surface area contributed by atoms with Gasteiger partial charge in [-0.05, 0) is 13.0 Å². The summed E-state index contributed by atoms with van der Waals surface area (Å²) in [6.45, 7) is 2.19. The highest BCUT2D eigenvalue weighted by atomic mass is 16.5. The van der Waals surface area contributed by atoms with Crippen molar-refractivity contribution >= 4 is 5.97 Å². The van der Waals surface area contributed by atoms with Gasteiger partial charge >= 0.3 is 5.97 Å². The van der Waals surface area contributed by atoms with Gasteiger partial charge in [0.25, 0.3) is 0 Å². The number of rotatable bonds is 4. The zero-order valence-electron chi connectivity index (χ0n) is 7.16. The fraction of sp³-hybridized carbons (Fsp3) is 0.500. The van der Waals surface area contributed by atoms with E-state index in [9.17, 15) is 4.79 Å². The molecule has 0 unspecified atom stereocenters. The van der Waals surface area contributed by atoms with E-state index >= 15 is 0 Å². The second-order valence-electron chi connectivity index (χ2n) is 1.91. The Morgan fingerprint density at radius 2 is 2.33 bits per heavy atom. The van der Waals surface area contributed by atoms with Crippen molar-refractivity contribution in [1.29, 1.82) is 5.26 Å². The normalized spacial score (nSPS) is 10.6. The summed E-state index contributed by atoms with van der Waals surface area (Å²) in [5.41, 5.74) is -0.0151. The fourth-order valence-electron chi connectivity index (χ4n) is 0.550. The van der Waals surface area contributed by atoms with Gasteiger partial charge in [0.15, 0.2) is 0 Å². The van der Waals surface area contributed by atoms with Gasteiger partial charge in [-0.25, -0.2) is 4.79 Å². The zero-order valence-corrected chi connectivity index (χ0v) is 7.16. The van der Waals surface area contributed by atoms with Crippen LogP contribution in [-0.2, 0) is 14.3 Å². The maximum absolute atomic E-state index is 10.9. The number of methoxy groups -OCH3 is 1. The first kappa shape index (κ1) is 10.7. The summed E-state index contributed by atoms with van der Waals surface area (Å²) >= 11 is 0. The van der Waals surface area contributed by atoms with Gasteiger partial charge in [-0.3, -0.25) is 0 Å². The molecule has 0 spiro atoms. The largest absolute Gasteiger partial charge is 0.462 e. The van der Waals surface area contributed by atoms with Crippen LogP contribution in [-0.4, -0.2) is 26.3 Å². The molecule has 0 aliphatic carbocycles. The van der Waals surface area contributed by atoms with Crippen LogP contribution in [0, 0.1) is 11.3 Å². The standard InChI is InChI=1S/C8H11NO3/c1-3-12-8(10)7(6-9)4-5-11-2/h4H,3,5H2,1-2H3/b7-4+. The van der Waals surface area contributed by atoms with Crippen LogP contribution in [0.3, 0.4) is 0 Å². The molecule has 0 atom stereocenters. The lowest BCUT2D eigenvalue weighted by molar-refractivity contribution is -0.138. The number of carbonyl (C=O) groups excluding carboxylic acids is 1. The molecule has 0 rings (SSSR count). The van der Waals surface area contributed by atoms with Crippen molar-refractivity contribution in [2.75, 3.05) is 20.3 Å². The van der Waals surface area contributed by atoms with Gasteiger partial charge in [0.1, 0.15) is 11.6 Å². The minimum Gasteiger partial charge on any atom is -0.462 e. The quantitative estimate of drug-likeness (QED) is 0.352. The number of nitriles is 1. The Bertz CT molecular complexity index is 215. The molecule has 0 heterocycles. The minimum atomic E-state index is -0.600. The maximum atomic E-state index is 10.9. The van der Waals surface area contributed by atoms with Crippen molar-refractivity contribution in [3.8, 4) is 6.07 Å². The molecule has 0 aromatic carbocycles. The summed E-state index contributed by atoms with van der Waals surface area (Å²) in [5, 5.41) is 8.48. The number of nitrogens with zero attached hydrogens (tertiary/aromatic N) is 1. The van der Waals surface area contributed by atoms with E-state index in [1.165, 1.54) is 13.2 Å². The molecule has 0 aliphatic rings. The lowest BCUT2D eigenvalue weighted by Gasteiger charge is -1.98. The highest BCUT2D eigenvalue weighted by Gasteiger charge is 2.07. The van der Waals surface area contributed by atoms with E-state index in [4.69, 9.17) is 5.26 Å². The first-order valence-electron chi connectivity index (χ1n) is 3.52. The second kappa shape index (κ2) is 6.38. The summed E-state index contributed by atoms with van der Waals surface area (Å²) in [6.07, 6.45) is 1.39. The summed E-state index contributed by atoms with van der Waals surface area (Å²) in [5.74, 6) is -0.600. The minimum absolute atomic E-state index is 0.0151. The number of hydrogen-bond acceptors (Lipinski definition) is 4. The molecule has 0 aliphatic heterocycles. The third-order valence-corrected chi connectivity index (χ3v) is 1.07. The highest BCUT2D eigenvalue weighted by Crippen LogP contribution is 1.95. The molecule has 0 fully saturated rings. The SMILES string of the molecule is CCOC(=O)/C(C#N)=C/COC. The Hall–Kier alpha value is -1.34. The molecular weight excluding hydrogens is 158 g/mol. The van der Waals surface area contributed by atoms with E-state index < -0.39 is 5.97 Å². The number of ether oxygens (including phenoxy) is 2. The maximum Gasteiger partial charge on any atom is 0.348 e. The zero-order chi connectivity index (χ0) is 9.40. The van der Waals surface area contributed by atoms with Crippen LogP contribution in [0.5, 0.6) is 0 Å². The Balaban J connectivity index is 4.16. The van der Waals surface area contributed by atoms with E-state index in [1.807, 2.05) is 0 Å². The summed E-state index contributed by atoms with van der Waals surface area (Å²) in [6, 6.07) is 1.73. The van der Waals surface area contributed by atoms with Gasteiger partial charge < -0.3 is 9.47 Å². The molecule has 0 amide bonds. The third-order valence-electron chi connectivity index (χ3n) is 1.07. The Morgan fingerprint density at radius 1 is 1.67 bits per heavy atom. The smallest absolute Gasteiger partial charge is 0.348 e. The van der Waals surface area contributed by atoms with Crippen molar-refractivity contribution < 1.29 is 14.3 Å². The summed E-state index contributed by atoms with van der Waals surface area (Å²) < 4.78 is 9.27. The number of hydrogen-bond donors (Lipinski definition) is 0. The van der Waals surface area contributed by atoms with E-state index in [-0.39, 0.29) is 18.8 Å². The Labute approximate surface area is 71.4 Å². The molecule has 66 valence electrons. The highest BCUT2D eigenvalue weighted by molar-refractivity contribution is 5.92. The molecule has 0 saturated carbocycles. The summed E-state index contributed by atoms with van der Waals surface area (Å²) in [7, 11) is 1.48. The van der Waals surface area contributed by atoms with Crippen LogP contribution in [0.2, 0.25) is 0 Å². The van der Waals surface area contributed by atoms with Crippen LogP contribution in [0.15, 0.2) is 11.6 Å². The molecular formula is C8H11NO3. The van der Waals surface area contributed by atoms with Crippen molar-refractivity contribution in [3.05, 3.63) is 11.6 Å². The second-order valence-corrected chi connectivity index (χ2v) is 1.91. The monoisotopic (exact) mass is 169 g/mol. The molecule has 0 aromatic heterocycles. The first-order chi connectivity index (χ1) is 5.76. The predicted molar refractivity (Wildman–Crippen MR) is 42.2 cm³/mol. The van der Waals surface area contributed by atoms with Gasteiger partial charge in [0.2, 0.25) is 0 Å². The molecule has 4 nitrogen and oxygen atoms in total. The number of esters is 1.